The van der Waals surface area contributed by atoms with Gasteiger partial charge in [0.25, 0.3) is 0 Å². The second-order valence-corrected chi connectivity index (χ2v) is 5.01. The van der Waals surface area contributed by atoms with E-state index < -0.39 is 0 Å². The summed E-state index contributed by atoms with van der Waals surface area (Å²) in [5.74, 6) is 1.52. The minimum absolute atomic E-state index is 0.726. The van der Waals surface area contributed by atoms with E-state index in [0.29, 0.717) is 0 Å². The summed E-state index contributed by atoms with van der Waals surface area (Å²) in [4.78, 5) is 2.46. The van der Waals surface area contributed by atoms with Crippen molar-refractivity contribution in [2.45, 2.75) is 31.6 Å². The van der Waals surface area contributed by atoms with Gasteiger partial charge >= 0.3 is 0 Å². The number of hydrogen-bond acceptors (Lipinski definition) is 4. The second kappa shape index (κ2) is 3.12. The Kier molecular flexibility index (Phi) is 1.90. The van der Waals surface area contributed by atoms with Crippen molar-refractivity contribution in [3.8, 4) is 0 Å². The van der Waals surface area contributed by atoms with Crippen molar-refractivity contribution in [2.24, 2.45) is 0 Å². The van der Waals surface area contributed by atoms with E-state index in [1.54, 1.807) is 11.5 Å². The Bertz CT molecular complexity index is 337. The van der Waals surface area contributed by atoms with Gasteiger partial charge in [-0.15, -0.1) is 0 Å². The van der Waals surface area contributed by atoms with Gasteiger partial charge in [0.05, 0.1) is 0 Å². The van der Waals surface area contributed by atoms with E-state index in [9.17, 15) is 0 Å². The van der Waals surface area contributed by atoms with E-state index in [2.05, 4.69) is 9.27 Å². The summed E-state index contributed by atoms with van der Waals surface area (Å²) in [5, 5.41) is 1.36. The maximum Gasteiger partial charge on any atom is 0.142 e. The van der Waals surface area contributed by atoms with Gasteiger partial charge in [0.15, 0.2) is 0 Å². The number of aromatic nitrogens is 1. The number of nitrogen functional groups attached to an aromatic ring is 1. The predicted molar refractivity (Wildman–Crippen MR) is 59.9 cm³/mol. The van der Waals surface area contributed by atoms with E-state index in [1.165, 1.54) is 49.3 Å². The van der Waals surface area contributed by atoms with E-state index in [0.717, 1.165) is 11.7 Å². The van der Waals surface area contributed by atoms with Crippen LogP contribution in [0, 0.1) is 0 Å². The molecule has 1 aromatic rings. The molecule has 1 saturated carbocycles. The summed E-state index contributed by atoms with van der Waals surface area (Å²) in [6.07, 6.45) is 5.26. The van der Waals surface area contributed by atoms with Gasteiger partial charge in [-0.3, -0.25) is 0 Å². The van der Waals surface area contributed by atoms with Crippen LogP contribution in [0.4, 0.5) is 10.8 Å². The molecule has 3 nitrogen and oxygen atoms in total. The smallest absolute Gasteiger partial charge is 0.142 e. The fourth-order valence-corrected chi connectivity index (χ4v) is 3.16. The number of anilines is 2. The van der Waals surface area contributed by atoms with Gasteiger partial charge in [-0.2, -0.15) is 4.37 Å². The first-order valence-electron chi connectivity index (χ1n) is 5.36. The average Bonchev–Trinajstić information content (AvgIpc) is 2.75. The molecule has 3 rings (SSSR count). The predicted octanol–water partition coefficient (Wildman–Crippen LogP) is 2.20. The molecule has 1 saturated heterocycles. The van der Waals surface area contributed by atoms with E-state index in [4.69, 9.17) is 5.73 Å². The van der Waals surface area contributed by atoms with Crippen molar-refractivity contribution in [1.29, 1.82) is 0 Å². The highest BCUT2D eigenvalue weighted by Gasteiger charge is 2.32. The van der Waals surface area contributed by atoms with Crippen molar-refractivity contribution in [3.05, 3.63) is 5.56 Å². The monoisotopic (exact) mass is 209 g/mol. The van der Waals surface area contributed by atoms with Crippen LogP contribution in [-0.4, -0.2) is 17.5 Å². The first kappa shape index (κ1) is 8.53. The highest BCUT2D eigenvalue weighted by atomic mass is 32.1. The maximum absolute atomic E-state index is 5.92. The van der Waals surface area contributed by atoms with Crippen LogP contribution in [0.15, 0.2) is 0 Å². The zero-order valence-corrected chi connectivity index (χ0v) is 9.02. The zero-order chi connectivity index (χ0) is 9.54. The summed E-state index contributed by atoms with van der Waals surface area (Å²) in [6, 6.07) is 0. The lowest BCUT2D eigenvalue weighted by atomic mass is 10.2. The third-order valence-corrected chi connectivity index (χ3v) is 4.05. The van der Waals surface area contributed by atoms with Gasteiger partial charge in [0.2, 0.25) is 0 Å². The van der Waals surface area contributed by atoms with Gasteiger partial charge in [-0.1, -0.05) is 0 Å². The third-order valence-electron chi connectivity index (χ3n) is 3.12. The summed E-state index contributed by atoms with van der Waals surface area (Å²) >= 11 is 1.59. The molecular weight excluding hydrogens is 194 g/mol. The van der Waals surface area contributed by atoms with Crippen LogP contribution in [0.1, 0.15) is 37.2 Å². The van der Waals surface area contributed by atoms with Gasteiger partial charge in [-0.05, 0) is 43.1 Å². The third kappa shape index (κ3) is 1.29. The summed E-state index contributed by atoms with van der Waals surface area (Å²) < 4.78 is 4.30. The molecule has 1 aromatic heterocycles. The van der Waals surface area contributed by atoms with Crippen molar-refractivity contribution in [2.75, 3.05) is 23.7 Å². The molecule has 0 radical (unpaired) electrons. The lowest BCUT2D eigenvalue weighted by Crippen LogP contribution is -2.17. The normalized spacial score (nSPS) is 21.9. The van der Waals surface area contributed by atoms with Crippen LogP contribution < -0.4 is 10.6 Å². The topological polar surface area (TPSA) is 42.1 Å². The Balaban J connectivity index is 1.95. The average molecular weight is 209 g/mol. The zero-order valence-electron chi connectivity index (χ0n) is 8.20. The van der Waals surface area contributed by atoms with E-state index in [-0.39, 0.29) is 0 Å². The molecule has 0 spiro atoms. The molecule has 1 aliphatic carbocycles. The largest absolute Gasteiger partial charge is 0.383 e. The summed E-state index contributed by atoms with van der Waals surface area (Å²) in [6.45, 7) is 2.39. The molecule has 0 amide bonds. The summed E-state index contributed by atoms with van der Waals surface area (Å²) in [5.41, 5.74) is 7.28. The van der Waals surface area contributed by atoms with Crippen molar-refractivity contribution >= 4 is 22.4 Å². The highest BCUT2D eigenvalue weighted by molar-refractivity contribution is 7.10. The Morgan fingerprint density at radius 1 is 1.29 bits per heavy atom. The summed E-state index contributed by atoms with van der Waals surface area (Å²) in [7, 11) is 0. The fourth-order valence-electron chi connectivity index (χ4n) is 2.20. The molecule has 14 heavy (non-hydrogen) atoms. The number of nitrogens with zero attached hydrogens (tertiary/aromatic N) is 2. The number of nitrogens with two attached hydrogens (primary N) is 1. The fraction of sp³-hybridized carbons (Fsp3) is 0.700. The van der Waals surface area contributed by atoms with Crippen LogP contribution in [0.3, 0.4) is 0 Å². The molecule has 0 bridgehead atoms. The minimum atomic E-state index is 0.726. The van der Waals surface area contributed by atoms with Crippen LogP contribution in [0.5, 0.6) is 0 Å². The Morgan fingerprint density at radius 3 is 2.64 bits per heavy atom. The Morgan fingerprint density at radius 2 is 2.00 bits per heavy atom. The van der Waals surface area contributed by atoms with Gasteiger partial charge in [0, 0.05) is 18.7 Å². The maximum atomic E-state index is 5.92. The van der Waals surface area contributed by atoms with Crippen LogP contribution in [0.25, 0.3) is 0 Å². The van der Waals surface area contributed by atoms with Crippen LogP contribution in [-0.2, 0) is 0 Å². The quantitative estimate of drug-likeness (QED) is 0.812. The standard InChI is InChI=1S/C10H15N3S/c11-9-8(7-3-4-7)10(14-12-9)13-5-1-2-6-13/h7H,1-6H2,(H2,11,12). The Hall–Kier alpha value is -0.770. The van der Waals surface area contributed by atoms with Gasteiger partial charge in [-0.25, -0.2) is 0 Å². The molecule has 2 N–H and O–H groups in total. The molecule has 0 unspecified atom stereocenters. The number of hydrogen-bond donors (Lipinski definition) is 1. The molecule has 2 fully saturated rings. The van der Waals surface area contributed by atoms with Gasteiger partial charge in [0.1, 0.15) is 10.8 Å². The van der Waals surface area contributed by atoms with Crippen molar-refractivity contribution < 1.29 is 0 Å². The van der Waals surface area contributed by atoms with Crippen molar-refractivity contribution in [3.63, 3.8) is 0 Å². The van der Waals surface area contributed by atoms with Crippen molar-refractivity contribution in [1.82, 2.24) is 4.37 Å². The lowest BCUT2D eigenvalue weighted by molar-refractivity contribution is 0.949. The lowest BCUT2D eigenvalue weighted by Gasteiger charge is -2.16. The molecule has 0 aromatic carbocycles. The molecule has 2 aliphatic rings. The molecule has 76 valence electrons. The molecule has 4 heteroatoms. The van der Waals surface area contributed by atoms with Crippen LogP contribution >= 0.6 is 11.5 Å². The SMILES string of the molecule is Nc1nsc(N2CCCC2)c1C1CC1. The second-order valence-electron chi connectivity index (χ2n) is 4.26. The minimum Gasteiger partial charge on any atom is -0.383 e. The highest BCUT2D eigenvalue weighted by Crippen LogP contribution is 2.49. The first-order valence-corrected chi connectivity index (χ1v) is 6.13. The molecule has 2 heterocycles. The molecule has 1 aliphatic heterocycles. The van der Waals surface area contributed by atoms with Gasteiger partial charge < -0.3 is 10.6 Å². The Labute approximate surface area is 88.1 Å². The van der Waals surface area contributed by atoms with Crippen LogP contribution in [0.2, 0.25) is 0 Å². The van der Waals surface area contributed by atoms with E-state index >= 15 is 0 Å². The molecular formula is C10H15N3S. The number of rotatable bonds is 2. The first-order chi connectivity index (χ1) is 6.86. The van der Waals surface area contributed by atoms with E-state index in [1.807, 2.05) is 0 Å². The molecule has 0 atom stereocenters.